The standard InChI is InChI=1S/C19H23NO/c1-2-15-8-12-18(13-9-15)21-19(14-20-17-10-11-17)16-6-4-3-5-7-16/h3-9,12-13,17,19-20H,2,10-11,14H2,1H3. The summed E-state index contributed by atoms with van der Waals surface area (Å²) in [6.07, 6.45) is 3.73. The monoisotopic (exact) mass is 281 g/mol. The smallest absolute Gasteiger partial charge is 0.136 e. The second kappa shape index (κ2) is 6.77. The molecule has 0 bridgehead atoms. The predicted molar refractivity (Wildman–Crippen MR) is 86.7 cm³/mol. The molecule has 0 saturated heterocycles. The third-order valence-electron chi connectivity index (χ3n) is 3.95. The van der Waals surface area contributed by atoms with Crippen LogP contribution in [0.2, 0.25) is 0 Å². The molecule has 0 aromatic heterocycles. The van der Waals surface area contributed by atoms with E-state index in [1.54, 1.807) is 0 Å². The van der Waals surface area contributed by atoms with Gasteiger partial charge in [0.2, 0.25) is 0 Å². The van der Waals surface area contributed by atoms with E-state index in [0.717, 1.165) is 18.7 Å². The number of ether oxygens (including phenoxy) is 1. The molecular weight excluding hydrogens is 258 g/mol. The molecule has 0 aliphatic heterocycles. The molecule has 0 heterocycles. The van der Waals surface area contributed by atoms with E-state index >= 15 is 0 Å². The van der Waals surface area contributed by atoms with Gasteiger partial charge in [0, 0.05) is 12.6 Å². The first-order valence-electron chi connectivity index (χ1n) is 7.89. The van der Waals surface area contributed by atoms with Crippen LogP contribution in [-0.4, -0.2) is 12.6 Å². The van der Waals surface area contributed by atoms with Crippen LogP contribution in [0.5, 0.6) is 5.75 Å². The van der Waals surface area contributed by atoms with E-state index in [4.69, 9.17) is 4.74 Å². The minimum atomic E-state index is 0.0688. The van der Waals surface area contributed by atoms with Crippen LogP contribution in [0.4, 0.5) is 0 Å². The minimum Gasteiger partial charge on any atom is -0.484 e. The van der Waals surface area contributed by atoms with Crippen LogP contribution in [0.25, 0.3) is 0 Å². The Labute approximate surface area is 127 Å². The maximum Gasteiger partial charge on any atom is 0.136 e. The zero-order valence-electron chi connectivity index (χ0n) is 12.6. The highest BCUT2D eigenvalue weighted by Gasteiger charge is 2.23. The molecule has 2 heteroatoms. The first-order valence-corrected chi connectivity index (χ1v) is 7.89. The minimum absolute atomic E-state index is 0.0688. The molecule has 1 unspecified atom stereocenters. The Bertz CT molecular complexity index is 546. The van der Waals surface area contributed by atoms with Gasteiger partial charge in [0.15, 0.2) is 0 Å². The van der Waals surface area contributed by atoms with Gasteiger partial charge in [-0.3, -0.25) is 0 Å². The average Bonchev–Trinajstić information content (AvgIpc) is 3.37. The normalized spacial score (nSPS) is 15.7. The summed E-state index contributed by atoms with van der Waals surface area (Å²) < 4.78 is 6.22. The summed E-state index contributed by atoms with van der Waals surface area (Å²) in [6, 6.07) is 19.6. The summed E-state index contributed by atoms with van der Waals surface area (Å²) in [4.78, 5) is 0. The Balaban J connectivity index is 1.70. The molecule has 1 aliphatic carbocycles. The molecule has 0 amide bonds. The first kappa shape index (κ1) is 14.2. The first-order chi connectivity index (χ1) is 10.3. The lowest BCUT2D eigenvalue weighted by atomic mass is 10.1. The van der Waals surface area contributed by atoms with E-state index in [0.29, 0.717) is 6.04 Å². The fourth-order valence-electron chi connectivity index (χ4n) is 2.42. The highest BCUT2D eigenvalue weighted by Crippen LogP contribution is 2.24. The number of hydrogen-bond donors (Lipinski definition) is 1. The second-order valence-corrected chi connectivity index (χ2v) is 5.70. The van der Waals surface area contributed by atoms with Gasteiger partial charge in [-0.05, 0) is 42.5 Å². The number of aryl methyl sites for hydroxylation is 1. The van der Waals surface area contributed by atoms with E-state index in [1.165, 1.54) is 24.0 Å². The van der Waals surface area contributed by atoms with Gasteiger partial charge in [0.25, 0.3) is 0 Å². The van der Waals surface area contributed by atoms with Gasteiger partial charge in [0.05, 0.1) is 0 Å². The highest BCUT2D eigenvalue weighted by molar-refractivity contribution is 5.29. The zero-order chi connectivity index (χ0) is 14.5. The van der Waals surface area contributed by atoms with Crippen molar-refractivity contribution in [3.63, 3.8) is 0 Å². The second-order valence-electron chi connectivity index (χ2n) is 5.70. The van der Waals surface area contributed by atoms with E-state index in [1.807, 2.05) is 6.07 Å². The molecule has 1 saturated carbocycles. The van der Waals surface area contributed by atoms with Crippen LogP contribution in [0, 0.1) is 0 Å². The molecule has 110 valence electrons. The molecule has 1 N–H and O–H groups in total. The van der Waals surface area contributed by atoms with Crippen LogP contribution in [0.15, 0.2) is 54.6 Å². The Morgan fingerprint density at radius 2 is 1.76 bits per heavy atom. The van der Waals surface area contributed by atoms with Crippen molar-refractivity contribution < 1.29 is 4.74 Å². The number of benzene rings is 2. The van der Waals surface area contributed by atoms with E-state index in [-0.39, 0.29) is 6.10 Å². The third kappa shape index (κ3) is 4.08. The Morgan fingerprint density at radius 3 is 2.38 bits per heavy atom. The topological polar surface area (TPSA) is 21.3 Å². The maximum atomic E-state index is 6.22. The van der Waals surface area contributed by atoms with Crippen molar-refractivity contribution in [2.24, 2.45) is 0 Å². The van der Waals surface area contributed by atoms with Gasteiger partial charge in [-0.1, -0.05) is 49.4 Å². The molecule has 1 fully saturated rings. The van der Waals surface area contributed by atoms with Crippen molar-refractivity contribution in [1.29, 1.82) is 0 Å². The van der Waals surface area contributed by atoms with Crippen LogP contribution < -0.4 is 10.1 Å². The predicted octanol–water partition coefficient (Wildman–Crippen LogP) is 4.12. The van der Waals surface area contributed by atoms with E-state index in [2.05, 4.69) is 60.8 Å². The largest absolute Gasteiger partial charge is 0.484 e. The number of hydrogen-bond acceptors (Lipinski definition) is 2. The Kier molecular flexibility index (Phi) is 4.56. The Morgan fingerprint density at radius 1 is 1.05 bits per heavy atom. The summed E-state index contributed by atoms with van der Waals surface area (Å²) >= 11 is 0. The molecule has 1 atom stereocenters. The summed E-state index contributed by atoms with van der Waals surface area (Å²) in [5.41, 5.74) is 2.57. The summed E-state index contributed by atoms with van der Waals surface area (Å²) in [7, 11) is 0. The maximum absolute atomic E-state index is 6.22. The highest BCUT2D eigenvalue weighted by atomic mass is 16.5. The molecule has 2 aromatic carbocycles. The van der Waals surface area contributed by atoms with Gasteiger partial charge < -0.3 is 10.1 Å². The van der Waals surface area contributed by atoms with Crippen molar-refractivity contribution >= 4 is 0 Å². The summed E-state index contributed by atoms with van der Waals surface area (Å²) in [5, 5.41) is 3.57. The van der Waals surface area contributed by atoms with E-state index in [9.17, 15) is 0 Å². The molecule has 2 aromatic rings. The average molecular weight is 281 g/mol. The zero-order valence-corrected chi connectivity index (χ0v) is 12.6. The van der Waals surface area contributed by atoms with Crippen LogP contribution in [0.1, 0.15) is 37.0 Å². The molecule has 0 radical (unpaired) electrons. The lowest BCUT2D eigenvalue weighted by molar-refractivity contribution is 0.201. The van der Waals surface area contributed by atoms with Gasteiger partial charge in [-0.15, -0.1) is 0 Å². The van der Waals surface area contributed by atoms with Crippen molar-refractivity contribution in [3.05, 3.63) is 65.7 Å². The molecule has 0 spiro atoms. The van der Waals surface area contributed by atoms with Crippen molar-refractivity contribution in [3.8, 4) is 5.75 Å². The molecule has 3 rings (SSSR count). The molecule has 21 heavy (non-hydrogen) atoms. The SMILES string of the molecule is CCc1ccc(OC(CNC2CC2)c2ccccc2)cc1. The van der Waals surface area contributed by atoms with Gasteiger partial charge >= 0.3 is 0 Å². The third-order valence-corrected chi connectivity index (χ3v) is 3.95. The fourth-order valence-corrected chi connectivity index (χ4v) is 2.42. The summed E-state index contributed by atoms with van der Waals surface area (Å²) in [6.45, 7) is 3.03. The van der Waals surface area contributed by atoms with Crippen molar-refractivity contribution in [1.82, 2.24) is 5.32 Å². The lowest BCUT2D eigenvalue weighted by Gasteiger charge is -2.20. The van der Waals surface area contributed by atoms with E-state index < -0.39 is 0 Å². The Hall–Kier alpha value is -1.80. The van der Waals surface area contributed by atoms with Gasteiger partial charge in [-0.25, -0.2) is 0 Å². The van der Waals surface area contributed by atoms with Crippen molar-refractivity contribution in [2.45, 2.75) is 38.3 Å². The van der Waals surface area contributed by atoms with Crippen LogP contribution in [-0.2, 0) is 6.42 Å². The quantitative estimate of drug-likeness (QED) is 0.824. The van der Waals surface area contributed by atoms with Gasteiger partial charge in [0.1, 0.15) is 11.9 Å². The molecular formula is C19H23NO. The summed E-state index contributed by atoms with van der Waals surface area (Å²) in [5.74, 6) is 0.943. The van der Waals surface area contributed by atoms with Crippen LogP contribution >= 0.6 is 0 Å². The van der Waals surface area contributed by atoms with Gasteiger partial charge in [-0.2, -0.15) is 0 Å². The number of rotatable bonds is 7. The van der Waals surface area contributed by atoms with Crippen molar-refractivity contribution in [2.75, 3.05) is 6.54 Å². The fraction of sp³-hybridized carbons (Fsp3) is 0.368. The molecule has 2 nitrogen and oxygen atoms in total. The number of nitrogens with one attached hydrogen (secondary N) is 1. The molecule has 1 aliphatic rings. The lowest BCUT2D eigenvalue weighted by Crippen LogP contribution is -2.26. The van der Waals surface area contributed by atoms with Crippen LogP contribution in [0.3, 0.4) is 0 Å².